The third-order valence-electron chi connectivity index (χ3n) is 3.42. The van der Waals surface area contributed by atoms with Crippen LogP contribution in [-0.4, -0.2) is 16.3 Å². The first-order valence-corrected chi connectivity index (χ1v) is 7.14. The molecule has 0 saturated heterocycles. The molecule has 0 radical (unpaired) electrons. The highest BCUT2D eigenvalue weighted by Gasteiger charge is 2.23. The molecule has 3 rings (SSSR count). The number of hydrogen-bond acceptors (Lipinski definition) is 2. The first-order valence-electron chi connectivity index (χ1n) is 6.76. The monoisotopic (exact) mass is 275 g/mol. The van der Waals surface area contributed by atoms with Crippen molar-refractivity contribution in [3.8, 4) is 5.69 Å². The van der Waals surface area contributed by atoms with Gasteiger partial charge in [-0.25, -0.2) is 4.68 Å². The van der Waals surface area contributed by atoms with E-state index in [2.05, 4.69) is 19.2 Å². The Hall–Kier alpha value is -1.48. The van der Waals surface area contributed by atoms with Crippen LogP contribution >= 0.6 is 11.6 Å². The number of benzene rings is 1. The molecule has 0 bridgehead atoms. The van der Waals surface area contributed by atoms with Crippen molar-refractivity contribution in [1.29, 1.82) is 0 Å². The molecule has 1 aliphatic rings. The predicted octanol–water partition coefficient (Wildman–Crippen LogP) is 3.69. The van der Waals surface area contributed by atoms with Gasteiger partial charge in [-0.2, -0.15) is 5.10 Å². The summed E-state index contributed by atoms with van der Waals surface area (Å²) in [7, 11) is 0. The maximum Gasteiger partial charge on any atom is 0.133 e. The van der Waals surface area contributed by atoms with Crippen LogP contribution in [0.3, 0.4) is 0 Å². The third kappa shape index (κ3) is 2.23. The Morgan fingerprint density at radius 1 is 1.37 bits per heavy atom. The van der Waals surface area contributed by atoms with Crippen molar-refractivity contribution < 1.29 is 0 Å². The Kier molecular flexibility index (Phi) is 3.23. The molecule has 0 unspecified atom stereocenters. The van der Waals surface area contributed by atoms with E-state index in [1.807, 2.05) is 28.9 Å². The van der Waals surface area contributed by atoms with Crippen molar-refractivity contribution >= 4 is 17.4 Å². The van der Waals surface area contributed by atoms with Crippen LogP contribution in [0.5, 0.6) is 0 Å². The summed E-state index contributed by atoms with van der Waals surface area (Å²) in [6.45, 7) is 5.44. The highest BCUT2D eigenvalue weighted by Crippen LogP contribution is 2.32. The predicted molar refractivity (Wildman–Crippen MR) is 79.3 cm³/mol. The van der Waals surface area contributed by atoms with Crippen molar-refractivity contribution in [3.63, 3.8) is 0 Å². The molecule has 19 heavy (non-hydrogen) atoms. The summed E-state index contributed by atoms with van der Waals surface area (Å²) in [5.41, 5.74) is 3.51. The lowest BCUT2D eigenvalue weighted by molar-refractivity contribution is 0.624. The summed E-state index contributed by atoms with van der Waals surface area (Å²) in [5, 5.41) is 8.94. The topological polar surface area (TPSA) is 29.9 Å². The minimum atomic E-state index is 0.610. The molecule has 0 spiro atoms. The average Bonchev–Trinajstić information content (AvgIpc) is 2.93. The Morgan fingerprint density at radius 2 is 2.16 bits per heavy atom. The van der Waals surface area contributed by atoms with Gasteiger partial charge in [0, 0.05) is 12.1 Å². The summed E-state index contributed by atoms with van der Waals surface area (Å²) in [5.74, 6) is 1.73. The van der Waals surface area contributed by atoms with E-state index in [4.69, 9.17) is 16.7 Å². The van der Waals surface area contributed by atoms with Gasteiger partial charge in [0.25, 0.3) is 0 Å². The van der Waals surface area contributed by atoms with Crippen LogP contribution in [0.2, 0.25) is 5.02 Å². The van der Waals surface area contributed by atoms with Crippen LogP contribution in [0.1, 0.15) is 25.1 Å². The summed E-state index contributed by atoms with van der Waals surface area (Å²) in [6.07, 6.45) is 2.07. The van der Waals surface area contributed by atoms with E-state index < -0.39 is 0 Å². The number of anilines is 1. The lowest BCUT2D eigenvalue weighted by Crippen LogP contribution is -2.06. The molecule has 2 heterocycles. The Bertz CT molecular complexity index is 601. The quantitative estimate of drug-likeness (QED) is 0.926. The summed E-state index contributed by atoms with van der Waals surface area (Å²) >= 11 is 6.29. The fourth-order valence-electron chi connectivity index (χ4n) is 2.59. The zero-order chi connectivity index (χ0) is 13.4. The fourth-order valence-corrected chi connectivity index (χ4v) is 2.81. The zero-order valence-electron chi connectivity index (χ0n) is 11.3. The van der Waals surface area contributed by atoms with Crippen LogP contribution in [-0.2, 0) is 12.8 Å². The first kappa shape index (κ1) is 12.5. The number of nitrogens with zero attached hydrogens (tertiary/aromatic N) is 2. The van der Waals surface area contributed by atoms with Crippen LogP contribution in [0.4, 0.5) is 5.82 Å². The van der Waals surface area contributed by atoms with E-state index in [9.17, 15) is 0 Å². The van der Waals surface area contributed by atoms with Gasteiger partial charge in [-0.05, 0) is 30.9 Å². The van der Waals surface area contributed by atoms with E-state index in [0.717, 1.165) is 35.9 Å². The van der Waals surface area contributed by atoms with Crippen molar-refractivity contribution in [1.82, 2.24) is 9.78 Å². The minimum Gasteiger partial charge on any atom is -0.369 e. The number of rotatable bonds is 3. The molecule has 0 aliphatic carbocycles. The number of para-hydroxylation sites is 1. The fraction of sp³-hybridized carbons (Fsp3) is 0.400. The van der Waals surface area contributed by atoms with E-state index in [0.29, 0.717) is 5.92 Å². The molecule has 0 fully saturated rings. The molecule has 1 aliphatic heterocycles. The maximum absolute atomic E-state index is 6.29. The van der Waals surface area contributed by atoms with E-state index in [1.165, 1.54) is 11.3 Å². The van der Waals surface area contributed by atoms with Gasteiger partial charge in [0.15, 0.2) is 0 Å². The Labute approximate surface area is 118 Å². The van der Waals surface area contributed by atoms with Gasteiger partial charge < -0.3 is 5.32 Å². The molecule has 0 saturated carbocycles. The van der Waals surface area contributed by atoms with Gasteiger partial charge in [-0.15, -0.1) is 0 Å². The van der Waals surface area contributed by atoms with Gasteiger partial charge in [0.2, 0.25) is 0 Å². The van der Waals surface area contributed by atoms with E-state index in [1.54, 1.807) is 0 Å². The van der Waals surface area contributed by atoms with Crippen LogP contribution in [0, 0.1) is 5.92 Å². The molecular weight excluding hydrogens is 258 g/mol. The summed E-state index contributed by atoms with van der Waals surface area (Å²) in [6, 6.07) is 7.85. The molecule has 4 heteroatoms. The van der Waals surface area contributed by atoms with E-state index in [-0.39, 0.29) is 0 Å². The molecule has 2 aromatic rings. The second-order valence-electron chi connectivity index (χ2n) is 5.41. The maximum atomic E-state index is 6.29. The normalized spacial score (nSPS) is 13.7. The lowest BCUT2D eigenvalue weighted by atomic mass is 10.0. The van der Waals surface area contributed by atoms with Crippen LogP contribution in [0.25, 0.3) is 5.69 Å². The van der Waals surface area contributed by atoms with Crippen molar-refractivity contribution in [2.45, 2.75) is 26.7 Å². The minimum absolute atomic E-state index is 0.610. The summed E-state index contributed by atoms with van der Waals surface area (Å²) < 4.78 is 1.96. The average molecular weight is 276 g/mol. The zero-order valence-corrected chi connectivity index (χ0v) is 12.0. The van der Waals surface area contributed by atoms with Gasteiger partial charge in [0.05, 0.1) is 16.4 Å². The van der Waals surface area contributed by atoms with Crippen LogP contribution < -0.4 is 5.32 Å². The SMILES string of the molecule is CC(C)Cc1nn(-c2ccccc2Cl)c2c1CCN2. The Morgan fingerprint density at radius 3 is 2.89 bits per heavy atom. The second kappa shape index (κ2) is 4.89. The van der Waals surface area contributed by atoms with Gasteiger partial charge >= 0.3 is 0 Å². The lowest BCUT2D eigenvalue weighted by Gasteiger charge is -2.08. The number of aromatic nitrogens is 2. The molecule has 3 nitrogen and oxygen atoms in total. The standard InChI is InChI=1S/C15H18ClN3/c1-10(2)9-13-11-7-8-17-15(11)19(18-13)14-6-4-3-5-12(14)16/h3-6,10,17H,7-9H2,1-2H3. The largest absolute Gasteiger partial charge is 0.369 e. The molecule has 100 valence electrons. The van der Waals surface area contributed by atoms with Crippen molar-refractivity contribution in [2.24, 2.45) is 5.92 Å². The molecule has 1 aromatic heterocycles. The van der Waals surface area contributed by atoms with Gasteiger partial charge in [0.1, 0.15) is 5.82 Å². The van der Waals surface area contributed by atoms with Crippen molar-refractivity contribution in [2.75, 3.05) is 11.9 Å². The van der Waals surface area contributed by atoms with Gasteiger partial charge in [-0.3, -0.25) is 0 Å². The van der Waals surface area contributed by atoms with Crippen molar-refractivity contribution in [3.05, 3.63) is 40.5 Å². The number of fused-ring (bicyclic) bond motifs is 1. The second-order valence-corrected chi connectivity index (χ2v) is 5.82. The molecule has 0 atom stereocenters. The molecule has 1 N–H and O–H groups in total. The molecular formula is C15H18ClN3. The van der Waals surface area contributed by atoms with Crippen LogP contribution in [0.15, 0.2) is 24.3 Å². The highest BCUT2D eigenvalue weighted by atomic mass is 35.5. The smallest absolute Gasteiger partial charge is 0.133 e. The molecule has 0 amide bonds. The number of hydrogen-bond donors (Lipinski definition) is 1. The molecule has 1 aromatic carbocycles. The first-order chi connectivity index (χ1) is 9.16. The third-order valence-corrected chi connectivity index (χ3v) is 3.74. The highest BCUT2D eigenvalue weighted by molar-refractivity contribution is 6.32. The summed E-state index contributed by atoms with van der Waals surface area (Å²) in [4.78, 5) is 0. The number of nitrogens with one attached hydrogen (secondary N) is 1. The Balaban J connectivity index is 2.10. The number of halogens is 1. The van der Waals surface area contributed by atoms with E-state index >= 15 is 0 Å². The van der Waals surface area contributed by atoms with Gasteiger partial charge in [-0.1, -0.05) is 37.6 Å².